The van der Waals surface area contributed by atoms with Crippen LogP contribution in [0.4, 0.5) is 0 Å². The van der Waals surface area contributed by atoms with Crippen molar-refractivity contribution >= 4 is 10.9 Å². The van der Waals surface area contributed by atoms with Crippen molar-refractivity contribution in [2.75, 3.05) is 0 Å². The Balaban J connectivity index is 1.99. The van der Waals surface area contributed by atoms with Gasteiger partial charge in [-0.1, -0.05) is 78.6 Å². The van der Waals surface area contributed by atoms with Crippen LogP contribution in [0, 0.1) is 11.8 Å². The zero-order valence-electron chi connectivity index (χ0n) is 13.5. The third-order valence-electron chi connectivity index (χ3n) is 4.26. The summed E-state index contributed by atoms with van der Waals surface area (Å²) < 4.78 is 2.24. The number of nitrogens with zero attached hydrogens (tertiary/aromatic N) is 1. The Morgan fingerprint density at radius 3 is 2.04 bits per heavy atom. The van der Waals surface area contributed by atoms with Crippen LogP contribution < -0.4 is 0 Å². The zero-order valence-corrected chi connectivity index (χ0v) is 13.5. The molecule has 0 unspecified atom stereocenters. The number of rotatable bonds is 1. The van der Waals surface area contributed by atoms with Gasteiger partial charge in [0.05, 0.1) is 11.3 Å². The van der Waals surface area contributed by atoms with Crippen molar-refractivity contribution in [3.8, 4) is 23.1 Å². The molecular formula is C23H17N. The minimum Gasteiger partial charge on any atom is -0.343 e. The first-order chi connectivity index (χ1) is 11.8. The van der Waals surface area contributed by atoms with Gasteiger partial charge in [-0.25, -0.2) is 0 Å². The maximum atomic E-state index is 3.42. The zero-order chi connectivity index (χ0) is 16.4. The lowest BCUT2D eigenvalue weighted by Gasteiger charge is -2.05. The van der Waals surface area contributed by atoms with Crippen LogP contribution in [0.3, 0.4) is 0 Å². The first kappa shape index (κ1) is 14.4. The molecule has 24 heavy (non-hydrogen) atoms. The van der Waals surface area contributed by atoms with Crippen molar-refractivity contribution in [3.63, 3.8) is 0 Å². The molecule has 0 aliphatic carbocycles. The van der Waals surface area contributed by atoms with Gasteiger partial charge in [-0.2, -0.15) is 0 Å². The second-order valence-corrected chi connectivity index (χ2v) is 5.78. The second kappa shape index (κ2) is 6.10. The summed E-state index contributed by atoms with van der Waals surface area (Å²) >= 11 is 0. The number of benzene rings is 3. The molecule has 1 heteroatoms. The van der Waals surface area contributed by atoms with Crippen LogP contribution in [-0.2, 0) is 7.05 Å². The Hall–Kier alpha value is -3.24. The van der Waals surface area contributed by atoms with Crippen molar-refractivity contribution in [2.45, 2.75) is 0 Å². The molecule has 1 aromatic heterocycles. The van der Waals surface area contributed by atoms with Crippen LogP contribution in [0.5, 0.6) is 0 Å². The summed E-state index contributed by atoms with van der Waals surface area (Å²) in [5, 5.41) is 1.20. The van der Waals surface area contributed by atoms with Crippen LogP contribution in [0.15, 0.2) is 84.9 Å². The molecule has 0 radical (unpaired) electrons. The normalized spacial score (nSPS) is 10.4. The standard InChI is InChI=1S/C23H17N/c1-24-22-15-9-8-14-20(22)21(17-16-18-10-4-2-5-11-18)23(24)19-12-6-3-7-13-19/h2-15H,1H3. The highest BCUT2D eigenvalue weighted by Crippen LogP contribution is 2.32. The molecule has 0 atom stereocenters. The van der Waals surface area contributed by atoms with E-state index < -0.39 is 0 Å². The lowest BCUT2D eigenvalue weighted by atomic mass is 10.0. The number of aromatic nitrogens is 1. The van der Waals surface area contributed by atoms with Gasteiger partial charge in [0.25, 0.3) is 0 Å². The molecule has 3 aromatic carbocycles. The van der Waals surface area contributed by atoms with Crippen molar-refractivity contribution in [2.24, 2.45) is 7.05 Å². The molecular weight excluding hydrogens is 290 g/mol. The predicted octanol–water partition coefficient (Wildman–Crippen LogP) is 5.25. The van der Waals surface area contributed by atoms with Gasteiger partial charge in [0.2, 0.25) is 0 Å². The van der Waals surface area contributed by atoms with E-state index in [0.717, 1.165) is 11.1 Å². The smallest absolute Gasteiger partial charge is 0.0648 e. The van der Waals surface area contributed by atoms with Crippen molar-refractivity contribution in [1.82, 2.24) is 4.57 Å². The van der Waals surface area contributed by atoms with Crippen LogP contribution in [0.25, 0.3) is 22.2 Å². The van der Waals surface area contributed by atoms with E-state index in [9.17, 15) is 0 Å². The van der Waals surface area contributed by atoms with Crippen LogP contribution in [0.2, 0.25) is 0 Å². The van der Waals surface area contributed by atoms with Gasteiger partial charge in [-0.05, 0) is 23.8 Å². The Morgan fingerprint density at radius 1 is 0.667 bits per heavy atom. The first-order valence-electron chi connectivity index (χ1n) is 8.04. The molecule has 1 heterocycles. The molecule has 0 fully saturated rings. The number of para-hydroxylation sites is 1. The van der Waals surface area contributed by atoms with Crippen LogP contribution >= 0.6 is 0 Å². The van der Waals surface area contributed by atoms with Gasteiger partial charge < -0.3 is 4.57 Å². The summed E-state index contributed by atoms with van der Waals surface area (Å²) in [7, 11) is 2.11. The van der Waals surface area contributed by atoms with E-state index >= 15 is 0 Å². The molecule has 0 N–H and O–H groups in total. The first-order valence-corrected chi connectivity index (χ1v) is 8.04. The van der Waals surface area contributed by atoms with E-state index in [1.165, 1.54) is 22.2 Å². The fourth-order valence-electron chi connectivity index (χ4n) is 3.11. The number of hydrogen-bond donors (Lipinski definition) is 0. The summed E-state index contributed by atoms with van der Waals surface area (Å²) in [6, 6.07) is 29.0. The third kappa shape index (κ3) is 2.49. The van der Waals surface area contributed by atoms with Crippen molar-refractivity contribution in [1.29, 1.82) is 0 Å². The third-order valence-corrected chi connectivity index (χ3v) is 4.26. The maximum absolute atomic E-state index is 3.42. The molecule has 0 spiro atoms. The topological polar surface area (TPSA) is 4.93 Å². The molecule has 4 aromatic rings. The van der Waals surface area contributed by atoms with Gasteiger partial charge in [0.15, 0.2) is 0 Å². The fourth-order valence-corrected chi connectivity index (χ4v) is 3.11. The fraction of sp³-hybridized carbons (Fsp3) is 0.0435. The minimum absolute atomic E-state index is 1.03. The predicted molar refractivity (Wildman–Crippen MR) is 101 cm³/mol. The summed E-state index contributed by atoms with van der Waals surface area (Å²) in [6.45, 7) is 0. The summed E-state index contributed by atoms with van der Waals surface area (Å²) in [4.78, 5) is 0. The molecule has 114 valence electrons. The molecule has 1 nitrogen and oxygen atoms in total. The molecule has 0 bridgehead atoms. The van der Waals surface area contributed by atoms with Gasteiger partial charge in [0.1, 0.15) is 0 Å². The molecule has 0 aliphatic rings. The second-order valence-electron chi connectivity index (χ2n) is 5.78. The monoisotopic (exact) mass is 307 g/mol. The van der Waals surface area contributed by atoms with Crippen LogP contribution in [0.1, 0.15) is 11.1 Å². The van der Waals surface area contributed by atoms with Gasteiger partial charge >= 0.3 is 0 Å². The van der Waals surface area contributed by atoms with Gasteiger partial charge in [-0.3, -0.25) is 0 Å². The Bertz CT molecular complexity index is 1050. The molecule has 4 rings (SSSR count). The minimum atomic E-state index is 1.03. The summed E-state index contributed by atoms with van der Waals surface area (Å²) in [5.41, 5.74) is 5.68. The Morgan fingerprint density at radius 2 is 1.29 bits per heavy atom. The molecule has 0 saturated carbocycles. The number of fused-ring (bicyclic) bond motifs is 1. The number of hydrogen-bond acceptors (Lipinski definition) is 0. The Labute approximate surface area is 142 Å². The van der Waals surface area contributed by atoms with Gasteiger partial charge in [0, 0.05) is 23.5 Å². The van der Waals surface area contributed by atoms with E-state index in [0.29, 0.717) is 0 Å². The number of aryl methyl sites for hydroxylation is 1. The molecule has 0 amide bonds. The summed E-state index contributed by atoms with van der Waals surface area (Å²) in [5.74, 6) is 6.73. The lowest BCUT2D eigenvalue weighted by Crippen LogP contribution is -1.92. The molecule has 0 aliphatic heterocycles. The largest absolute Gasteiger partial charge is 0.343 e. The van der Waals surface area contributed by atoms with E-state index in [1.54, 1.807) is 0 Å². The van der Waals surface area contributed by atoms with E-state index in [-0.39, 0.29) is 0 Å². The highest BCUT2D eigenvalue weighted by molar-refractivity contribution is 5.95. The van der Waals surface area contributed by atoms with Crippen LogP contribution in [-0.4, -0.2) is 4.57 Å². The lowest BCUT2D eigenvalue weighted by molar-refractivity contribution is 0.977. The summed E-state index contributed by atoms with van der Waals surface area (Å²) in [6.07, 6.45) is 0. The van der Waals surface area contributed by atoms with E-state index in [2.05, 4.69) is 72.0 Å². The van der Waals surface area contributed by atoms with E-state index in [4.69, 9.17) is 0 Å². The average Bonchev–Trinajstić information content (AvgIpc) is 2.94. The van der Waals surface area contributed by atoms with Crippen molar-refractivity contribution < 1.29 is 0 Å². The maximum Gasteiger partial charge on any atom is 0.0648 e. The highest BCUT2D eigenvalue weighted by Gasteiger charge is 2.14. The highest BCUT2D eigenvalue weighted by atomic mass is 14.9. The molecule has 0 saturated heterocycles. The van der Waals surface area contributed by atoms with E-state index in [1.807, 2.05) is 36.4 Å². The van der Waals surface area contributed by atoms with Crippen molar-refractivity contribution in [3.05, 3.63) is 96.1 Å². The Kier molecular flexibility index (Phi) is 3.65. The average molecular weight is 307 g/mol. The van der Waals surface area contributed by atoms with Gasteiger partial charge in [-0.15, -0.1) is 0 Å². The SMILES string of the molecule is Cn1c(-c2ccccc2)c(C#Cc2ccccc2)c2ccccc21. The quantitative estimate of drug-likeness (QED) is 0.424.